The first-order valence-corrected chi connectivity index (χ1v) is 29.4. The molecule has 0 aliphatic rings. The number of alkyl halides is 6. The molecule has 0 atom stereocenters. The molecule has 0 bridgehead atoms. The third-order valence-electron chi connectivity index (χ3n) is 13.5. The number of amides is 3. The van der Waals surface area contributed by atoms with Gasteiger partial charge in [-0.2, -0.15) is 47.1 Å². The van der Waals surface area contributed by atoms with Crippen molar-refractivity contribution in [1.82, 2.24) is 44.6 Å². The van der Waals surface area contributed by atoms with Crippen molar-refractivity contribution in [2.24, 2.45) is 4.99 Å². The fourth-order valence-corrected chi connectivity index (χ4v) is 9.16. The number of aromatic nitrogens is 6. The second-order valence-corrected chi connectivity index (χ2v) is 19.4. The van der Waals surface area contributed by atoms with E-state index in [1.165, 1.54) is 58.2 Å². The fraction of sp³-hybridized carbons (Fsp3) is 0.303. The highest BCUT2D eigenvalue weighted by Crippen LogP contribution is 2.34. The lowest BCUT2D eigenvalue weighted by molar-refractivity contribution is -0.138. The minimum atomic E-state index is -4.71. The zero-order chi connectivity index (χ0) is 67.7. The molecule has 21 nitrogen and oxygen atoms in total. The van der Waals surface area contributed by atoms with Gasteiger partial charge in [0.1, 0.15) is 11.1 Å². The number of ether oxygens (including phenoxy) is 4. The van der Waals surface area contributed by atoms with Gasteiger partial charge in [-0.05, 0) is 123 Å². The van der Waals surface area contributed by atoms with Crippen molar-refractivity contribution in [3.8, 4) is 57.4 Å². The van der Waals surface area contributed by atoms with Crippen LogP contribution in [0.15, 0.2) is 148 Å². The Morgan fingerprint density at radius 2 is 0.892 bits per heavy atom. The number of hydrogen-bond donors (Lipinski definition) is 3. The van der Waals surface area contributed by atoms with E-state index in [9.17, 15) is 60.8 Å². The van der Waals surface area contributed by atoms with Crippen LogP contribution in [0.2, 0.25) is 0 Å². The number of hydrogen-bond acceptors (Lipinski definition) is 14. The second kappa shape index (κ2) is 34.8. The van der Waals surface area contributed by atoms with Crippen molar-refractivity contribution in [2.45, 2.75) is 53.9 Å². The maximum absolute atomic E-state index is 14.0. The van der Waals surface area contributed by atoms with Crippen LogP contribution in [0.4, 0.5) is 26.3 Å². The van der Waals surface area contributed by atoms with Crippen LogP contribution in [-0.2, 0) is 36.1 Å². The van der Waals surface area contributed by atoms with Crippen LogP contribution >= 0.6 is 0 Å². The Labute approximate surface area is 531 Å². The van der Waals surface area contributed by atoms with Gasteiger partial charge in [0.05, 0.1) is 135 Å². The van der Waals surface area contributed by atoms with Crippen molar-refractivity contribution in [1.29, 1.82) is 10.5 Å². The highest BCUT2D eigenvalue weighted by atomic mass is 19.4. The molecule has 27 heteroatoms. The first kappa shape index (κ1) is 71.8. The summed E-state index contributed by atoms with van der Waals surface area (Å²) in [7, 11) is 0. The Morgan fingerprint density at radius 3 is 1.27 bits per heavy atom. The normalized spacial score (nSPS) is 11.2. The van der Waals surface area contributed by atoms with Gasteiger partial charge >= 0.3 is 12.4 Å². The van der Waals surface area contributed by atoms with Crippen LogP contribution in [-0.4, -0.2) is 132 Å². The maximum atomic E-state index is 14.0. The minimum absolute atomic E-state index is 0.00792. The van der Waals surface area contributed by atoms with Crippen LogP contribution in [0.1, 0.15) is 82.1 Å². The molecule has 8 aromatic rings. The predicted molar refractivity (Wildman–Crippen MR) is 335 cm³/mol. The number of carbonyl (C=O) groups excluding carboxylic acids is 3. The molecule has 0 radical (unpaired) electrons. The largest absolute Gasteiger partial charge is 0.416 e. The number of nitrogens with zero attached hydrogens (tertiary/aromatic N) is 9. The van der Waals surface area contributed by atoms with Crippen LogP contribution in [0, 0.1) is 36.5 Å². The first-order chi connectivity index (χ1) is 44.8. The Hall–Kier alpha value is -10.3. The lowest BCUT2D eigenvalue weighted by atomic mass is 10.0. The highest BCUT2D eigenvalue weighted by molar-refractivity contribution is 6.26. The van der Waals surface area contributed by atoms with Crippen LogP contribution in [0.3, 0.4) is 0 Å². The van der Waals surface area contributed by atoms with Crippen molar-refractivity contribution in [2.75, 3.05) is 79.0 Å². The summed E-state index contributed by atoms with van der Waals surface area (Å²) in [5, 5.41) is 35.2. The van der Waals surface area contributed by atoms with Gasteiger partial charge < -0.3 is 34.9 Å². The summed E-state index contributed by atoms with van der Waals surface area (Å²) >= 11 is 0. The van der Waals surface area contributed by atoms with Gasteiger partial charge in [-0.3, -0.25) is 38.1 Å². The van der Waals surface area contributed by atoms with Crippen molar-refractivity contribution in [3.63, 3.8) is 0 Å². The molecule has 0 saturated heterocycles. The number of nitriles is 2. The molecule has 4 heterocycles. The molecule has 0 aliphatic heterocycles. The summed E-state index contributed by atoms with van der Waals surface area (Å²) < 4.78 is 110. The number of benzene rings is 4. The summed E-state index contributed by atoms with van der Waals surface area (Å²) in [6.45, 7) is 12.1. The first-order valence-electron chi connectivity index (χ1n) is 29.4. The topological polar surface area (TPSA) is 264 Å². The molecule has 0 spiro atoms. The molecule has 4 aromatic carbocycles. The number of nitrogens with one attached hydrogen (secondary N) is 3. The molecular formula is C66H68F6N12O9. The number of halogens is 6. The van der Waals surface area contributed by atoms with Crippen molar-refractivity contribution < 1.29 is 59.7 Å². The molecular weight excluding hydrogens is 1220 g/mol. The second-order valence-electron chi connectivity index (χ2n) is 19.4. The summed E-state index contributed by atoms with van der Waals surface area (Å²) in [5.74, 6) is -2.08. The van der Waals surface area contributed by atoms with Gasteiger partial charge in [0.15, 0.2) is 0 Å². The van der Waals surface area contributed by atoms with Crippen molar-refractivity contribution >= 4 is 23.9 Å². The summed E-state index contributed by atoms with van der Waals surface area (Å²) in [5.41, 5.74) is -0.824. The van der Waals surface area contributed by atoms with Gasteiger partial charge in [0.2, 0.25) is 0 Å². The van der Waals surface area contributed by atoms with E-state index < -0.39 is 52.3 Å². The maximum Gasteiger partial charge on any atom is 0.416 e. The monoisotopic (exact) mass is 1290 g/mol. The van der Waals surface area contributed by atoms with E-state index in [0.29, 0.717) is 45.0 Å². The van der Waals surface area contributed by atoms with E-state index in [1.807, 2.05) is 39.8 Å². The molecule has 0 fully saturated rings. The number of carbonyl (C=O) groups is 3. The lowest BCUT2D eigenvalue weighted by Gasteiger charge is -2.19. The van der Waals surface area contributed by atoms with E-state index in [-0.39, 0.29) is 113 Å². The van der Waals surface area contributed by atoms with Gasteiger partial charge in [-0.1, -0.05) is 39.8 Å². The summed E-state index contributed by atoms with van der Waals surface area (Å²) in [4.78, 5) is 71.4. The van der Waals surface area contributed by atoms with E-state index >= 15 is 0 Å². The third kappa shape index (κ3) is 19.1. The number of aliphatic imine (C=N–C) groups is 1. The van der Waals surface area contributed by atoms with Crippen LogP contribution < -0.4 is 27.1 Å². The Balaban J connectivity index is 0.00000336. The van der Waals surface area contributed by atoms with Crippen molar-refractivity contribution in [3.05, 3.63) is 199 Å². The number of pyridine rings is 2. The molecule has 0 saturated carbocycles. The van der Waals surface area contributed by atoms with Gasteiger partial charge in [-0.15, -0.1) is 0 Å². The molecule has 4 aromatic heterocycles. The molecule has 488 valence electrons. The fourth-order valence-electron chi connectivity index (χ4n) is 9.16. The number of rotatable bonds is 27. The quantitative estimate of drug-likeness (QED) is 0.0246. The highest BCUT2D eigenvalue weighted by Gasteiger charge is 2.33. The van der Waals surface area contributed by atoms with Gasteiger partial charge in [0, 0.05) is 53.5 Å². The molecule has 0 unspecified atom stereocenters. The van der Waals surface area contributed by atoms with E-state index in [4.69, 9.17) is 18.9 Å². The van der Waals surface area contributed by atoms with Crippen LogP contribution in [0.25, 0.3) is 45.3 Å². The minimum Gasteiger partial charge on any atom is -0.377 e. The van der Waals surface area contributed by atoms with E-state index in [1.54, 1.807) is 74.5 Å². The Kier molecular flexibility index (Phi) is 26.8. The van der Waals surface area contributed by atoms with Gasteiger partial charge in [0.25, 0.3) is 28.8 Å². The zero-order valence-corrected chi connectivity index (χ0v) is 51.7. The Morgan fingerprint density at radius 1 is 0.516 bits per heavy atom. The van der Waals surface area contributed by atoms with E-state index in [0.717, 1.165) is 39.6 Å². The Bertz CT molecular complexity index is 4070. The lowest BCUT2D eigenvalue weighted by Crippen LogP contribution is -2.35. The summed E-state index contributed by atoms with van der Waals surface area (Å²) in [6.07, 6.45) is -5.36. The van der Waals surface area contributed by atoms with Crippen LogP contribution in [0.5, 0.6) is 0 Å². The van der Waals surface area contributed by atoms with Gasteiger partial charge in [-0.25, -0.2) is 9.36 Å². The predicted octanol–water partition coefficient (Wildman–Crippen LogP) is 9.56. The molecule has 3 amide bonds. The molecule has 8 rings (SSSR count). The molecule has 3 N–H and O–H groups in total. The molecule has 0 aliphatic carbocycles. The third-order valence-corrected chi connectivity index (χ3v) is 13.5. The standard InChI is InChI=1S/C62H56F6N12O9.2C2H6/c1-40-50(54-17-19-75-79(54)46-13-9-42(37-69)10-14-46)35-52(59(84)77(40)48-7-3-5-44(33-48)61(63,64)65)57(82)73-23-27-88-30-29-86-25-21-71-39-56(81)72-22-26-87-31-32-89-28-24-74-58(83)53-36-51(55-18-20-76-80(55)47-15-11-43(38-70)12-16-47)41(2)78(60(53)85)49-8-4-6-45(34-49)62(66,67)68;2*1-2/h3-20,33-36,39H,21-32H2,1-2H3,(H,72,81)(H,73,82)(H,74,83);2*1-2H3. The smallest absolute Gasteiger partial charge is 0.377 e. The average molecular weight is 1290 g/mol. The van der Waals surface area contributed by atoms with E-state index in [2.05, 4.69) is 31.1 Å². The molecule has 93 heavy (non-hydrogen) atoms. The zero-order valence-electron chi connectivity index (χ0n) is 51.7. The SMILES string of the molecule is CC.CC.Cc1c(-c2ccnn2-c2ccc(C#N)cc2)cc(C(=O)NCCOCCOCCN=CC(=O)NCCOCCOCCNC(=O)c2cc(-c3ccnn3-c3ccc(C#N)cc3)c(C)n(-c3cccc(C(F)(F)F)c3)c2=O)c(=O)n1-c1cccc(C(F)(F)F)c1. The average Bonchev–Trinajstić information content (AvgIpc) is 1.70. The summed E-state index contributed by atoms with van der Waals surface area (Å²) in [6, 6.07) is 31.4.